The van der Waals surface area contributed by atoms with Crippen molar-refractivity contribution in [1.82, 2.24) is 10.2 Å². The first kappa shape index (κ1) is 13.0. The molecule has 0 spiro atoms. The fraction of sp³-hybridized carbons (Fsp3) is 1.00. The summed E-state index contributed by atoms with van der Waals surface area (Å²) < 4.78 is 0. The minimum atomic E-state index is 0.842. The van der Waals surface area contributed by atoms with E-state index in [0.717, 1.165) is 12.0 Å². The van der Waals surface area contributed by atoms with Crippen LogP contribution in [0.15, 0.2) is 0 Å². The van der Waals surface area contributed by atoms with Crippen molar-refractivity contribution in [1.29, 1.82) is 0 Å². The van der Waals surface area contributed by atoms with Crippen molar-refractivity contribution in [3.8, 4) is 0 Å². The minimum absolute atomic E-state index is 0.842. The minimum Gasteiger partial charge on any atom is -0.319 e. The van der Waals surface area contributed by atoms with Gasteiger partial charge < -0.3 is 10.2 Å². The fourth-order valence-electron chi connectivity index (χ4n) is 2.86. The van der Waals surface area contributed by atoms with Crippen molar-refractivity contribution in [2.45, 2.75) is 52.0 Å². The predicted molar refractivity (Wildman–Crippen MR) is 67.2 cm³/mol. The van der Waals surface area contributed by atoms with Crippen molar-refractivity contribution in [3.05, 3.63) is 0 Å². The zero-order chi connectivity index (χ0) is 11.1. The summed E-state index contributed by atoms with van der Waals surface area (Å²) in [5.41, 5.74) is 0. The lowest BCUT2D eigenvalue weighted by molar-refractivity contribution is 0.113. The number of nitrogens with zero attached hydrogens (tertiary/aromatic N) is 1. The van der Waals surface area contributed by atoms with E-state index in [9.17, 15) is 0 Å². The maximum atomic E-state index is 3.32. The SMILES string of the molecule is CCCC(CC)N1CCCC(CNC)C1. The second kappa shape index (κ2) is 7.24. The molecule has 0 aliphatic carbocycles. The van der Waals surface area contributed by atoms with E-state index in [2.05, 4.69) is 31.1 Å². The summed E-state index contributed by atoms with van der Waals surface area (Å²) in [5.74, 6) is 0.884. The maximum absolute atomic E-state index is 3.32. The summed E-state index contributed by atoms with van der Waals surface area (Å²) >= 11 is 0. The zero-order valence-electron chi connectivity index (χ0n) is 10.8. The van der Waals surface area contributed by atoms with Crippen LogP contribution >= 0.6 is 0 Å². The lowest BCUT2D eigenvalue weighted by Gasteiger charge is -2.38. The average Bonchev–Trinajstić information content (AvgIpc) is 2.27. The summed E-state index contributed by atoms with van der Waals surface area (Å²) in [4.78, 5) is 2.73. The molecule has 0 aromatic heterocycles. The molecule has 90 valence electrons. The van der Waals surface area contributed by atoms with Crippen LogP contribution in [0.4, 0.5) is 0 Å². The molecule has 0 saturated carbocycles. The van der Waals surface area contributed by atoms with Gasteiger partial charge in [-0.1, -0.05) is 20.3 Å². The van der Waals surface area contributed by atoms with Crippen LogP contribution in [0.2, 0.25) is 0 Å². The third kappa shape index (κ3) is 4.12. The van der Waals surface area contributed by atoms with E-state index in [4.69, 9.17) is 0 Å². The number of likely N-dealkylation sites (tertiary alicyclic amines) is 1. The number of nitrogens with one attached hydrogen (secondary N) is 1. The smallest absolute Gasteiger partial charge is 0.00926 e. The van der Waals surface area contributed by atoms with Gasteiger partial charge in [-0.25, -0.2) is 0 Å². The topological polar surface area (TPSA) is 15.3 Å². The highest BCUT2D eigenvalue weighted by atomic mass is 15.2. The van der Waals surface area contributed by atoms with Crippen molar-refractivity contribution in [3.63, 3.8) is 0 Å². The van der Waals surface area contributed by atoms with Gasteiger partial charge in [0.2, 0.25) is 0 Å². The fourth-order valence-corrected chi connectivity index (χ4v) is 2.86. The monoisotopic (exact) mass is 212 g/mol. The Balaban J connectivity index is 2.39. The van der Waals surface area contributed by atoms with Crippen LogP contribution < -0.4 is 5.32 Å². The Morgan fingerprint density at radius 3 is 2.80 bits per heavy atom. The molecular formula is C13H28N2. The summed E-state index contributed by atoms with van der Waals surface area (Å²) in [7, 11) is 2.07. The molecule has 1 heterocycles. The van der Waals surface area contributed by atoms with Gasteiger partial charge in [0.05, 0.1) is 0 Å². The first-order valence-corrected chi connectivity index (χ1v) is 6.70. The van der Waals surface area contributed by atoms with E-state index >= 15 is 0 Å². The summed E-state index contributed by atoms with van der Waals surface area (Å²) in [5, 5.41) is 3.32. The molecule has 1 N–H and O–H groups in total. The first-order valence-electron chi connectivity index (χ1n) is 6.70. The molecule has 2 heteroatoms. The number of piperidine rings is 1. The van der Waals surface area contributed by atoms with E-state index in [-0.39, 0.29) is 0 Å². The van der Waals surface area contributed by atoms with Crippen molar-refractivity contribution < 1.29 is 0 Å². The molecule has 1 aliphatic rings. The molecule has 1 fully saturated rings. The van der Waals surface area contributed by atoms with Crippen LogP contribution in [-0.4, -0.2) is 37.6 Å². The van der Waals surface area contributed by atoms with Gasteiger partial charge in [0, 0.05) is 12.6 Å². The largest absolute Gasteiger partial charge is 0.319 e. The molecule has 0 aromatic rings. The zero-order valence-corrected chi connectivity index (χ0v) is 10.8. The first-order chi connectivity index (χ1) is 7.31. The molecule has 1 rings (SSSR count). The molecule has 0 bridgehead atoms. The van der Waals surface area contributed by atoms with E-state index in [0.29, 0.717) is 0 Å². The highest BCUT2D eigenvalue weighted by Gasteiger charge is 2.23. The van der Waals surface area contributed by atoms with Crippen molar-refractivity contribution >= 4 is 0 Å². The Bertz CT molecular complexity index is 157. The molecule has 0 amide bonds. The Hall–Kier alpha value is -0.0800. The van der Waals surface area contributed by atoms with Crippen LogP contribution in [0.3, 0.4) is 0 Å². The van der Waals surface area contributed by atoms with Crippen molar-refractivity contribution in [2.75, 3.05) is 26.7 Å². The Labute approximate surface area is 95.4 Å². The highest BCUT2D eigenvalue weighted by Crippen LogP contribution is 2.21. The van der Waals surface area contributed by atoms with E-state index in [1.54, 1.807) is 0 Å². The molecule has 1 saturated heterocycles. The highest BCUT2D eigenvalue weighted by molar-refractivity contribution is 4.79. The van der Waals surface area contributed by atoms with Gasteiger partial charge in [-0.05, 0) is 51.7 Å². The third-order valence-corrected chi connectivity index (χ3v) is 3.65. The maximum Gasteiger partial charge on any atom is 0.00926 e. The quantitative estimate of drug-likeness (QED) is 0.728. The Kier molecular flexibility index (Phi) is 6.26. The summed E-state index contributed by atoms with van der Waals surface area (Å²) in [6.07, 6.45) is 6.83. The van der Waals surface area contributed by atoms with Gasteiger partial charge in [0.15, 0.2) is 0 Å². The Morgan fingerprint density at radius 1 is 1.40 bits per heavy atom. The number of rotatable bonds is 6. The summed E-state index contributed by atoms with van der Waals surface area (Å²) in [6, 6.07) is 0.842. The van der Waals surface area contributed by atoms with Gasteiger partial charge in [-0.2, -0.15) is 0 Å². The molecular weight excluding hydrogens is 184 g/mol. The van der Waals surface area contributed by atoms with E-state index in [1.807, 2.05) is 0 Å². The molecule has 0 radical (unpaired) electrons. The molecule has 2 unspecified atom stereocenters. The van der Waals surface area contributed by atoms with Gasteiger partial charge in [-0.3, -0.25) is 0 Å². The standard InChI is InChI=1S/C13H28N2/c1-4-7-13(5-2)15-9-6-8-12(11-15)10-14-3/h12-14H,4-11H2,1-3H3. The molecule has 1 aliphatic heterocycles. The van der Waals surface area contributed by atoms with Crippen LogP contribution in [0.5, 0.6) is 0 Å². The number of hydrogen-bond acceptors (Lipinski definition) is 2. The third-order valence-electron chi connectivity index (χ3n) is 3.65. The molecule has 0 aromatic carbocycles. The van der Waals surface area contributed by atoms with Crippen molar-refractivity contribution in [2.24, 2.45) is 5.92 Å². The normalized spacial score (nSPS) is 25.4. The Morgan fingerprint density at radius 2 is 2.20 bits per heavy atom. The van der Waals surface area contributed by atoms with Gasteiger partial charge in [0.1, 0.15) is 0 Å². The lowest BCUT2D eigenvalue weighted by atomic mass is 9.95. The van der Waals surface area contributed by atoms with E-state index < -0.39 is 0 Å². The van der Waals surface area contributed by atoms with Gasteiger partial charge in [0.25, 0.3) is 0 Å². The van der Waals surface area contributed by atoms with Crippen LogP contribution in [0.1, 0.15) is 46.0 Å². The van der Waals surface area contributed by atoms with E-state index in [1.165, 1.54) is 51.7 Å². The van der Waals surface area contributed by atoms with Gasteiger partial charge in [-0.15, -0.1) is 0 Å². The van der Waals surface area contributed by atoms with Gasteiger partial charge >= 0.3 is 0 Å². The molecule has 15 heavy (non-hydrogen) atoms. The van der Waals surface area contributed by atoms with Crippen LogP contribution in [-0.2, 0) is 0 Å². The average molecular weight is 212 g/mol. The predicted octanol–water partition coefficient (Wildman–Crippen LogP) is 2.50. The van der Waals surface area contributed by atoms with Crippen LogP contribution in [0.25, 0.3) is 0 Å². The molecule has 2 atom stereocenters. The molecule has 2 nitrogen and oxygen atoms in total. The second-order valence-electron chi connectivity index (χ2n) is 4.91. The lowest BCUT2D eigenvalue weighted by Crippen LogP contribution is -2.44. The summed E-state index contributed by atoms with van der Waals surface area (Å²) in [6.45, 7) is 8.48. The number of hydrogen-bond donors (Lipinski definition) is 1. The second-order valence-corrected chi connectivity index (χ2v) is 4.91. The van der Waals surface area contributed by atoms with Crippen LogP contribution in [0, 0.1) is 5.92 Å².